The van der Waals surface area contributed by atoms with Gasteiger partial charge in [-0.05, 0) is 44.5 Å². The van der Waals surface area contributed by atoms with Crippen LogP contribution in [0.4, 0.5) is 10.1 Å². The van der Waals surface area contributed by atoms with Crippen LogP contribution >= 0.6 is 0 Å². The van der Waals surface area contributed by atoms with Crippen LogP contribution < -0.4 is 4.90 Å². The number of benzene rings is 1. The molecule has 13 heavy (non-hydrogen) atoms. The van der Waals surface area contributed by atoms with Gasteiger partial charge in [0.1, 0.15) is 5.82 Å². The summed E-state index contributed by atoms with van der Waals surface area (Å²) in [6.45, 7) is 7.91. The lowest BCUT2D eigenvalue weighted by atomic mass is 10.2. The van der Waals surface area contributed by atoms with E-state index in [-0.39, 0.29) is 5.82 Å². The lowest BCUT2D eigenvalue weighted by molar-refractivity contribution is 0.618. The molecule has 0 N–H and O–H groups in total. The van der Waals surface area contributed by atoms with Crippen LogP contribution in [0.5, 0.6) is 0 Å². The predicted octanol–water partition coefficient (Wildman–Crippen LogP) is 2.98. The molecule has 0 unspecified atom stereocenters. The van der Waals surface area contributed by atoms with Crippen molar-refractivity contribution in [2.45, 2.75) is 20.8 Å². The van der Waals surface area contributed by atoms with Crippen molar-refractivity contribution in [3.05, 3.63) is 29.6 Å². The van der Waals surface area contributed by atoms with Crippen molar-refractivity contribution < 1.29 is 4.39 Å². The van der Waals surface area contributed by atoms with Crippen molar-refractivity contribution in [3.8, 4) is 0 Å². The molecule has 1 aromatic rings. The van der Waals surface area contributed by atoms with Gasteiger partial charge >= 0.3 is 0 Å². The minimum atomic E-state index is -0.129. The normalized spacial score (nSPS) is 10.2. The Morgan fingerprint density at radius 2 is 1.85 bits per heavy atom. The van der Waals surface area contributed by atoms with Crippen LogP contribution in [0.15, 0.2) is 18.2 Å². The third kappa shape index (κ3) is 2.20. The second-order valence-corrected chi connectivity index (χ2v) is 3.11. The molecule has 0 spiro atoms. The minimum Gasteiger partial charge on any atom is -0.372 e. The first-order valence-corrected chi connectivity index (χ1v) is 4.70. The van der Waals surface area contributed by atoms with Crippen LogP contribution in [0.1, 0.15) is 19.4 Å². The maximum Gasteiger partial charge on any atom is 0.126 e. The average molecular weight is 181 g/mol. The first-order valence-electron chi connectivity index (χ1n) is 4.70. The molecule has 1 aromatic carbocycles. The van der Waals surface area contributed by atoms with Gasteiger partial charge in [0.05, 0.1) is 0 Å². The number of aryl methyl sites for hydroxylation is 1. The van der Waals surface area contributed by atoms with Crippen molar-refractivity contribution in [1.82, 2.24) is 0 Å². The number of hydrogen-bond acceptors (Lipinski definition) is 1. The number of halogens is 1. The number of hydrogen-bond donors (Lipinski definition) is 0. The molecular formula is C11H16FN. The van der Waals surface area contributed by atoms with Gasteiger partial charge in [0.25, 0.3) is 0 Å². The van der Waals surface area contributed by atoms with E-state index in [4.69, 9.17) is 0 Å². The zero-order valence-electron chi connectivity index (χ0n) is 8.47. The molecule has 0 aliphatic carbocycles. The minimum absolute atomic E-state index is 0.129. The average Bonchev–Trinajstić information content (AvgIpc) is 2.13. The van der Waals surface area contributed by atoms with Crippen LogP contribution in [0.2, 0.25) is 0 Å². The summed E-state index contributed by atoms with van der Waals surface area (Å²) in [7, 11) is 0. The quantitative estimate of drug-likeness (QED) is 0.693. The van der Waals surface area contributed by atoms with E-state index in [1.54, 1.807) is 6.92 Å². The van der Waals surface area contributed by atoms with Crippen LogP contribution in [0.25, 0.3) is 0 Å². The summed E-state index contributed by atoms with van der Waals surface area (Å²) in [6, 6.07) is 5.25. The highest BCUT2D eigenvalue weighted by atomic mass is 19.1. The van der Waals surface area contributed by atoms with Crippen LogP contribution in [-0.4, -0.2) is 13.1 Å². The molecule has 0 aliphatic rings. The third-order valence-electron chi connectivity index (χ3n) is 2.27. The summed E-state index contributed by atoms with van der Waals surface area (Å²) in [5.74, 6) is -0.129. The van der Waals surface area contributed by atoms with Crippen molar-refractivity contribution in [2.24, 2.45) is 0 Å². The molecule has 1 nitrogen and oxygen atoms in total. The molecule has 0 bridgehead atoms. The maximum absolute atomic E-state index is 13.0. The maximum atomic E-state index is 13.0. The van der Waals surface area contributed by atoms with E-state index in [0.717, 1.165) is 18.8 Å². The summed E-state index contributed by atoms with van der Waals surface area (Å²) >= 11 is 0. The summed E-state index contributed by atoms with van der Waals surface area (Å²) in [4.78, 5) is 2.20. The van der Waals surface area contributed by atoms with Crippen LogP contribution in [-0.2, 0) is 0 Å². The van der Waals surface area contributed by atoms with E-state index in [9.17, 15) is 4.39 Å². The van der Waals surface area contributed by atoms with Gasteiger partial charge in [0.2, 0.25) is 0 Å². The Bertz CT molecular complexity index is 279. The molecule has 0 aliphatic heterocycles. The van der Waals surface area contributed by atoms with Crippen molar-refractivity contribution in [1.29, 1.82) is 0 Å². The van der Waals surface area contributed by atoms with Crippen molar-refractivity contribution in [3.63, 3.8) is 0 Å². The van der Waals surface area contributed by atoms with Crippen molar-refractivity contribution >= 4 is 5.69 Å². The van der Waals surface area contributed by atoms with Crippen molar-refractivity contribution in [2.75, 3.05) is 18.0 Å². The van der Waals surface area contributed by atoms with Crippen LogP contribution in [0, 0.1) is 12.7 Å². The summed E-state index contributed by atoms with van der Waals surface area (Å²) in [5.41, 5.74) is 1.81. The highest BCUT2D eigenvalue weighted by molar-refractivity contribution is 5.48. The van der Waals surface area contributed by atoms with E-state index in [1.807, 2.05) is 12.1 Å². The van der Waals surface area contributed by atoms with Gasteiger partial charge in [-0.25, -0.2) is 4.39 Å². The van der Waals surface area contributed by atoms with Gasteiger partial charge in [-0.3, -0.25) is 0 Å². The van der Waals surface area contributed by atoms with Crippen LogP contribution in [0.3, 0.4) is 0 Å². The van der Waals surface area contributed by atoms with Gasteiger partial charge in [-0.1, -0.05) is 0 Å². The zero-order valence-corrected chi connectivity index (χ0v) is 8.47. The highest BCUT2D eigenvalue weighted by Gasteiger charge is 2.03. The molecule has 0 fully saturated rings. The largest absolute Gasteiger partial charge is 0.372 e. The fourth-order valence-corrected chi connectivity index (χ4v) is 1.41. The van der Waals surface area contributed by atoms with Gasteiger partial charge in [-0.2, -0.15) is 0 Å². The lowest BCUT2D eigenvalue weighted by Crippen LogP contribution is -2.21. The fourth-order valence-electron chi connectivity index (χ4n) is 1.41. The number of anilines is 1. The number of rotatable bonds is 3. The SMILES string of the molecule is CCN(CC)c1ccc(F)c(C)c1. The van der Waals surface area contributed by atoms with Gasteiger partial charge < -0.3 is 4.90 Å². The summed E-state index contributed by atoms with van der Waals surface area (Å²) < 4.78 is 13.0. The summed E-state index contributed by atoms with van der Waals surface area (Å²) in [5, 5.41) is 0. The predicted molar refractivity (Wildman–Crippen MR) is 54.7 cm³/mol. The molecule has 0 aromatic heterocycles. The molecule has 0 heterocycles. The van der Waals surface area contributed by atoms with E-state index < -0.39 is 0 Å². The van der Waals surface area contributed by atoms with Gasteiger partial charge in [-0.15, -0.1) is 0 Å². The van der Waals surface area contributed by atoms with E-state index in [0.29, 0.717) is 5.56 Å². The Labute approximate surface area is 79.2 Å². The number of nitrogens with zero attached hydrogens (tertiary/aromatic N) is 1. The monoisotopic (exact) mass is 181 g/mol. The highest BCUT2D eigenvalue weighted by Crippen LogP contribution is 2.17. The molecule has 1 rings (SSSR count). The molecule has 72 valence electrons. The Hall–Kier alpha value is -1.05. The fraction of sp³-hybridized carbons (Fsp3) is 0.455. The van der Waals surface area contributed by atoms with E-state index in [2.05, 4.69) is 18.7 Å². The third-order valence-corrected chi connectivity index (χ3v) is 2.27. The smallest absolute Gasteiger partial charge is 0.126 e. The Kier molecular flexibility index (Phi) is 3.29. The molecule has 2 heteroatoms. The Morgan fingerprint density at radius 1 is 1.23 bits per heavy atom. The Morgan fingerprint density at radius 3 is 2.31 bits per heavy atom. The summed E-state index contributed by atoms with van der Waals surface area (Å²) in [6.07, 6.45) is 0. The lowest BCUT2D eigenvalue weighted by Gasteiger charge is -2.21. The topological polar surface area (TPSA) is 3.24 Å². The molecule has 0 radical (unpaired) electrons. The first kappa shape index (κ1) is 10.0. The molecular weight excluding hydrogens is 165 g/mol. The Balaban J connectivity index is 2.95. The molecule has 0 amide bonds. The first-order chi connectivity index (χ1) is 6.19. The second-order valence-electron chi connectivity index (χ2n) is 3.11. The molecule has 0 saturated carbocycles. The standard InChI is InChI=1S/C11H16FN/c1-4-13(5-2)10-6-7-11(12)9(3)8-10/h6-8H,4-5H2,1-3H3. The molecule has 0 atom stereocenters. The zero-order chi connectivity index (χ0) is 9.84. The second kappa shape index (κ2) is 4.26. The molecule has 0 saturated heterocycles. The van der Waals surface area contributed by atoms with Gasteiger partial charge in [0, 0.05) is 18.8 Å². The van der Waals surface area contributed by atoms with E-state index >= 15 is 0 Å². The van der Waals surface area contributed by atoms with Gasteiger partial charge in [0.15, 0.2) is 0 Å². The van der Waals surface area contributed by atoms with E-state index in [1.165, 1.54) is 6.07 Å².